The molecule has 0 spiro atoms. The van der Waals surface area contributed by atoms with Crippen LogP contribution < -0.4 is 0 Å². The molecule has 0 heterocycles. The van der Waals surface area contributed by atoms with E-state index in [1.54, 1.807) is 13.0 Å². The summed E-state index contributed by atoms with van der Waals surface area (Å²) < 4.78 is 0. The van der Waals surface area contributed by atoms with Crippen molar-refractivity contribution in [1.29, 1.82) is 0 Å². The van der Waals surface area contributed by atoms with Crippen LogP contribution in [0, 0.1) is 0 Å². The summed E-state index contributed by atoms with van der Waals surface area (Å²) in [6.07, 6.45) is 2.85. The molecule has 0 aliphatic carbocycles. The van der Waals surface area contributed by atoms with Crippen LogP contribution in [0.1, 0.15) is 12.5 Å². The van der Waals surface area contributed by atoms with E-state index in [-0.39, 0.29) is 0 Å². The Kier molecular flexibility index (Phi) is 4.22. The molecule has 0 atom stereocenters. The predicted octanol–water partition coefficient (Wildman–Crippen LogP) is 2.19. The SMILES string of the molecule is C/C(C=C(C(=O)O)C(=O)O)=C\c1ccccc1. The minimum atomic E-state index is -1.45. The maximum Gasteiger partial charge on any atom is 0.343 e. The Balaban J connectivity index is 3.01. The molecule has 0 aromatic heterocycles. The molecule has 0 fully saturated rings. The number of aliphatic carboxylic acids is 2. The molecule has 0 saturated carbocycles. The monoisotopic (exact) mass is 232 g/mol. The molecule has 1 rings (SSSR count). The first-order valence-corrected chi connectivity index (χ1v) is 4.92. The van der Waals surface area contributed by atoms with E-state index < -0.39 is 17.5 Å². The van der Waals surface area contributed by atoms with E-state index in [0.717, 1.165) is 11.6 Å². The number of hydrogen-bond donors (Lipinski definition) is 2. The highest BCUT2D eigenvalue weighted by Crippen LogP contribution is 2.09. The van der Waals surface area contributed by atoms with Gasteiger partial charge in [0.1, 0.15) is 5.57 Å². The van der Waals surface area contributed by atoms with Crippen LogP contribution in [0.5, 0.6) is 0 Å². The van der Waals surface area contributed by atoms with Crippen molar-refractivity contribution in [3.63, 3.8) is 0 Å². The van der Waals surface area contributed by atoms with Crippen LogP contribution in [0.2, 0.25) is 0 Å². The number of carboxylic acid groups (broad SMARTS) is 2. The van der Waals surface area contributed by atoms with Gasteiger partial charge in [-0.05, 0) is 24.1 Å². The number of allylic oxidation sites excluding steroid dienone is 2. The molecule has 4 nitrogen and oxygen atoms in total. The fourth-order valence-electron chi connectivity index (χ4n) is 1.30. The van der Waals surface area contributed by atoms with Crippen molar-refractivity contribution >= 4 is 18.0 Å². The van der Waals surface area contributed by atoms with Gasteiger partial charge in [0.2, 0.25) is 0 Å². The number of rotatable bonds is 4. The van der Waals surface area contributed by atoms with E-state index >= 15 is 0 Å². The fourth-order valence-corrected chi connectivity index (χ4v) is 1.30. The summed E-state index contributed by atoms with van der Waals surface area (Å²) in [5.41, 5.74) is 0.807. The number of carboxylic acids is 2. The van der Waals surface area contributed by atoms with Crippen molar-refractivity contribution in [2.45, 2.75) is 6.92 Å². The Morgan fingerprint density at radius 2 is 1.59 bits per heavy atom. The summed E-state index contributed by atoms with van der Waals surface area (Å²) in [4.78, 5) is 21.3. The Labute approximate surface area is 98.5 Å². The van der Waals surface area contributed by atoms with Crippen LogP contribution >= 0.6 is 0 Å². The van der Waals surface area contributed by atoms with E-state index in [0.29, 0.717) is 5.57 Å². The van der Waals surface area contributed by atoms with Gasteiger partial charge < -0.3 is 10.2 Å². The molecule has 0 radical (unpaired) electrons. The molecule has 1 aromatic rings. The second-order valence-electron chi connectivity index (χ2n) is 3.47. The van der Waals surface area contributed by atoms with E-state index in [1.165, 1.54) is 0 Å². The average Bonchev–Trinajstić information content (AvgIpc) is 2.26. The number of hydrogen-bond acceptors (Lipinski definition) is 2. The second-order valence-corrected chi connectivity index (χ2v) is 3.47. The van der Waals surface area contributed by atoms with Gasteiger partial charge in [0, 0.05) is 0 Å². The standard InChI is InChI=1S/C13H12O4/c1-9(7-10-5-3-2-4-6-10)8-11(12(14)15)13(16)17/h2-8H,1H3,(H,14,15)(H,16,17)/b9-7+. The van der Waals surface area contributed by atoms with Gasteiger partial charge >= 0.3 is 11.9 Å². The first-order chi connectivity index (χ1) is 8.00. The number of carbonyl (C=O) groups is 2. The third-order valence-electron chi connectivity index (χ3n) is 2.03. The molecule has 2 N–H and O–H groups in total. The summed E-state index contributed by atoms with van der Waals surface area (Å²) in [6, 6.07) is 9.25. The Bertz CT molecular complexity index is 467. The first kappa shape index (κ1) is 12.7. The van der Waals surface area contributed by atoms with E-state index in [1.807, 2.05) is 30.3 Å². The van der Waals surface area contributed by atoms with Crippen LogP contribution in [0.4, 0.5) is 0 Å². The average molecular weight is 232 g/mol. The quantitative estimate of drug-likeness (QED) is 0.361. The smallest absolute Gasteiger partial charge is 0.343 e. The lowest BCUT2D eigenvalue weighted by atomic mass is 10.1. The van der Waals surface area contributed by atoms with Gasteiger partial charge in [-0.15, -0.1) is 0 Å². The molecule has 0 aliphatic heterocycles. The van der Waals surface area contributed by atoms with Gasteiger partial charge in [-0.2, -0.15) is 0 Å². The minimum absolute atomic E-state index is 0.566. The highest BCUT2D eigenvalue weighted by atomic mass is 16.4. The van der Waals surface area contributed by atoms with Gasteiger partial charge in [0.15, 0.2) is 0 Å². The third kappa shape index (κ3) is 3.95. The van der Waals surface area contributed by atoms with Crippen molar-refractivity contribution in [2.75, 3.05) is 0 Å². The molecule has 17 heavy (non-hydrogen) atoms. The normalized spacial score (nSPS) is 10.8. The lowest BCUT2D eigenvalue weighted by Gasteiger charge is -1.97. The molecule has 0 unspecified atom stereocenters. The van der Waals surface area contributed by atoms with Crippen molar-refractivity contribution in [1.82, 2.24) is 0 Å². The van der Waals surface area contributed by atoms with Crippen LogP contribution in [-0.2, 0) is 9.59 Å². The maximum atomic E-state index is 10.7. The van der Waals surface area contributed by atoms with Crippen molar-refractivity contribution in [2.24, 2.45) is 0 Å². The lowest BCUT2D eigenvalue weighted by molar-refractivity contribution is -0.140. The summed E-state index contributed by atoms with van der Waals surface area (Å²) in [7, 11) is 0. The van der Waals surface area contributed by atoms with Crippen molar-refractivity contribution in [3.05, 3.63) is 53.1 Å². The van der Waals surface area contributed by atoms with Crippen LogP contribution in [-0.4, -0.2) is 22.2 Å². The zero-order chi connectivity index (χ0) is 12.8. The highest BCUT2D eigenvalue weighted by Gasteiger charge is 2.15. The van der Waals surface area contributed by atoms with Gasteiger partial charge in [-0.25, -0.2) is 9.59 Å². The van der Waals surface area contributed by atoms with E-state index in [2.05, 4.69) is 0 Å². The molecule has 1 aromatic carbocycles. The van der Waals surface area contributed by atoms with Crippen LogP contribution in [0.3, 0.4) is 0 Å². The lowest BCUT2D eigenvalue weighted by Crippen LogP contribution is -2.11. The fraction of sp³-hybridized carbons (Fsp3) is 0.0769. The molecule has 0 saturated heterocycles. The molecule has 88 valence electrons. The Morgan fingerprint density at radius 1 is 1.06 bits per heavy atom. The predicted molar refractivity (Wildman–Crippen MR) is 63.4 cm³/mol. The molecule has 0 aliphatic rings. The second kappa shape index (κ2) is 5.65. The van der Waals surface area contributed by atoms with E-state index in [9.17, 15) is 9.59 Å². The molecule has 0 amide bonds. The maximum absolute atomic E-state index is 10.7. The van der Waals surface area contributed by atoms with E-state index in [4.69, 9.17) is 10.2 Å². The first-order valence-electron chi connectivity index (χ1n) is 4.92. The van der Waals surface area contributed by atoms with Crippen molar-refractivity contribution in [3.8, 4) is 0 Å². The summed E-state index contributed by atoms with van der Waals surface area (Å²) in [5, 5.41) is 17.4. The topological polar surface area (TPSA) is 74.6 Å². The van der Waals surface area contributed by atoms with Gasteiger partial charge in [-0.3, -0.25) is 0 Å². The molecule has 4 heteroatoms. The largest absolute Gasteiger partial charge is 0.477 e. The van der Waals surface area contributed by atoms with Gasteiger partial charge in [0.05, 0.1) is 0 Å². The molecule has 0 bridgehead atoms. The summed E-state index contributed by atoms with van der Waals surface area (Å²) in [6.45, 7) is 1.65. The van der Waals surface area contributed by atoms with Crippen LogP contribution in [0.25, 0.3) is 6.08 Å². The zero-order valence-corrected chi connectivity index (χ0v) is 9.25. The Hall–Kier alpha value is -2.36. The van der Waals surface area contributed by atoms with Gasteiger partial charge in [0.25, 0.3) is 0 Å². The zero-order valence-electron chi connectivity index (χ0n) is 9.25. The van der Waals surface area contributed by atoms with Crippen LogP contribution in [0.15, 0.2) is 47.6 Å². The summed E-state index contributed by atoms with van der Waals surface area (Å²) >= 11 is 0. The molecular formula is C13H12O4. The minimum Gasteiger partial charge on any atom is -0.477 e. The number of benzene rings is 1. The Morgan fingerprint density at radius 3 is 2.06 bits per heavy atom. The highest BCUT2D eigenvalue weighted by molar-refractivity contribution is 6.12. The van der Waals surface area contributed by atoms with Gasteiger partial charge in [-0.1, -0.05) is 36.4 Å². The third-order valence-corrected chi connectivity index (χ3v) is 2.03. The van der Waals surface area contributed by atoms with Crippen molar-refractivity contribution < 1.29 is 19.8 Å². The molecular weight excluding hydrogens is 220 g/mol. The summed E-state index contributed by atoms with van der Waals surface area (Å²) in [5.74, 6) is -2.89.